The molecule has 7 nitrogen and oxygen atoms in total. The first-order valence-electron chi connectivity index (χ1n) is 9.70. The lowest BCUT2D eigenvalue weighted by molar-refractivity contribution is -0.194. The number of likely N-dealkylation sites (N-methyl/N-ethyl adjacent to an activating group) is 1. The average molecular weight is 390 g/mol. The zero-order valence-corrected chi connectivity index (χ0v) is 17.4. The normalized spacial score (nSPS) is 22.8. The molecule has 0 aliphatic carbocycles. The van der Waals surface area contributed by atoms with Crippen LogP contribution in [0.4, 0.5) is 4.53 Å². The van der Waals surface area contributed by atoms with Crippen molar-refractivity contribution < 1.29 is 28.5 Å². The maximum atomic E-state index is 13.0. The van der Waals surface area contributed by atoms with Crippen molar-refractivity contribution in [3.63, 3.8) is 0 Å². The number of ether oxygens (including phenoxy) is 2. The fourth-order valence-electron chi connectivity index (χ4n) is 4.08. The predicted molar refractivity (Wildman–Crippen MR) is 99.6 cm³/mol. The molecule has 6 atom stereocenters. The average Bonchev–Trinajstić information content (AvgIpc) is 3.16. The Morgan fingerprint density at radius 1 is 1.26 bits per heavy atom. The zero-order chi connectivity index (χ0) is 20.6. The Labute approximate surface area is 161 Å². The second kappa shape index (κ2) is 11.6. The van der Waals surface area contributed by atoms with Crippen LogP contribution in [-0.4, -0.2) is 68.9 Å². The van der Waals surface area contributed by atoms with Gasteiger partial charge in [0.25, 0.3) is 0 Å². The molecule has 1 aliphatic rings. The number of likely N-dealkylation sites (tertiary alicyclic amines) is 1. The van der Waals surface area contributed by atoms with Gasteiger partial charge < -0.3 is 19.7 Å². The highest BCUT2D eigenvalue weighted by molar-refractivity contribution is 5.78. The second-order valence-corrected chi connectivity index (χ2v) is 7.36. The third-order valence-electron chi connectivity index (χ3n) is 5.88. The fraction of sp³-hybridized carbons (Fsp3) is 0.895. The Kier molecular flexibility index (Phi) is 10.2. The quantitative estimate of drug-likeness (QED) is 0.582. The summed E-state index contributed by atoms with van der Waals surface area (Å²) in [4.78, 5) is 29.7. The van der Waals surface area contributed by atoms with Gasteiger partial charge in [-0.25, -0.2) is 4.79 Å². The van der Waals surface area contributed by atoms with Crippen molar-refractivity contribution in [2.75, 3.05) is 27.8 Å². The molecule has 6 unspecified atom stereocenters. The predicted octanol–water partition coefficient (Wildman–Crippen LogP) is 2.10. The van der Waals surface area contributed by atoms with E-state index in [1.807, 2.05) is 7.05 Å². The molecule has 0 spiro atoms. The van der Waals surface area contributed by atoms with Crippen LogP contribution in [-0.2, 0) is 24.0 Å². The van der Waals surface area contributed by atoms with Crippen LogP contribution in [0.5, 0.6) is 0 Å². The summed E-state index contributed by atoms with van der Waals surface area (Å²) in [5.41, 5.74) is 0. The Morgan fingerprint density at radius 3 is 2.41 bits per heavy atom. The summed E-state index contributed by atoms with van der Waals surface area (Å²) >= 11 is 0. The van der Waals surface area contributed by atoms with Gasteiger partial charge in [-0.3, -0.25) is 9.74 Å². The van der Waals surface area contributed by atoms with Gasteiger partial charge in [-0.1, -0.05) is 20.3 Å². The lowest BCUT2D eigenvalue weighted by Crippen LogP contribution is -2.50. The summed E-state index contributed by atoms with van der Waals surface area (Å²) in [7, 11) is 4.95. The van der Waals surface area contributed by atoms with Crippen LogP contribution < -0.4 is 5.32 Å². The van der Waals surface area contributed by atoms with E-state index >= 15 is 0 Å². The third kappa shape index (κ3) is 5.86. The number of halogens is 1. The molecule has 0 aromatic heterocycles. The molecule has 27 heavy (non-hydrogen) atoms. The lowest BCUT2D eigenvalue weighted by atomic mass is 9.92. The summed E-state index contributed by atoms with van der Waals surface area (Å²) in [5, 5.41) is 3.26. The number of hydrogen-bond acceptors (Lipinski definition) is 6. The molecule has 1 aliphatic heterocycles. The van der Waals surface area contributed by atoms with Crippen LogP contribution in [0.2, 0.25) is 0 Å². The Balaban J connectivity index is 2.89. The zero-order valence-electron chi connectivity index (χ0n) is 17.4. The van der Waals surface area contributed by atoms with Gasteiger partial charge in [0.15, 0.2) is 0 Å². The van der Waals surface area contributed by atoms with E-state index in [2.05, 4.69) is 24.1 Å². The second-order valence-electron chi connectivity index (χ2n) is 7.36. The Hall–Kier alpha value is -1.25. The number of hydrogen-bond donors (Lipinski definition) is 1. The first-order valence-corrected chi connectivity index (χ1v) is 9.70. The lowest BCUT2D eigenvalue weighted by Gasteiger charge is -2.35. The van der Waals surface area contributed by atoms with Crippen LogP contribution in [0.25, 0.3) is 0 Å². The molecular weight excluding hydrogens is 355 g/mol. The molecule has 1 heterocycles. The van der Waals surface area contributed by atoms with E-state index in [0.717, 1.165) is 12.8 Å². The molecule has 0 aromatic carbocycles. The molecule has 1 N–H and O–H groups in total. The molecule has 158 valence electrons. The van der Waals surface area contributed by atoms with Crippen molar-refractivity contribution in [1.29, 1.82) is 0 Å². The van der Waals surface area contributed by atoms with Gasteiger partial charge in [-0.15, -0.1) is 0 Å². The monoisotopic (exact) mass is 390 g/mol. The SMILES string of the molecule is CCC(C)C(NC)C(CC(=O)N1CCCC1C(OC)C(C)C(=O)OF)OC. The van der Waals surface area contributed by atoms with Crippen molar-refractivity contribution in [3.8, 4) is 0 Å². The minimum atomic E-state index is -0.983. The van der Waals surface area contributed by atoms with Gasteiger partial charge in [0.05, 0.1) is 30.6 Å². The number of carbonyl (C=O) groups excluding carboxylic acids is 2. The Bertz CT molecular complexity index is 479. The van der Waals surface area contributed by atoms with Crippen LogP contribution >= 0.6 is 0 Å². The van der Waals surface area contributed by atoms with Crippen LogP contribution in [0.1, 0.15) is 46.5 Å². The van der Waals surface area contributed by atoms with Crippen LogP contribution in [0.3, 0.4) is 0 Å². The largest absolute Gasteiger partial charge is 0.379 e. The van der Waals surface area contributed by atoms with Crippen LogP contribution in [0, 0.1) is 11.8 Å². The molecule has 1 rings (SSSR count). The summed E-state index contributed by atoms with van der Waals surface area (Å²) in [6, 6.07) is -0.227. The van der Waals surface area contributed by atoms with Crippen molar-refractivity contribution in [1.82, 2.24) is 10.2 Å². The first-order chi connectivity index (χ1) is 12.9. The van der Waals surface area contributed by atoms with Crippen LogP contribution in [0.15, 0.2) is 0 Å². The van der Waals surface area contributed by atoms with Gasteiger partial charge in [-0.05, 0) is 32.7 Å². The third-order valence-corrected chi connectivity index (χ3v) is 5.88. The van der Waals surface area contributed by atoms with E-state index < -0.39 is 18.0 Å². The molecular formula is C19H35FN2O5. The summed E-state index contributed by atoms with van der Waals surface area (Å²) in [5.74, 6) is -1.48. The number of nitrogens with zero attached hydrogens (tertiary/aromatic N) is 1. The van der Waals surface area contributed by atoms with Gasteiger partial charge in [0.1, 0.15) is 0 Å². The van der Waals surface area contributed by atoms with Gasteiger partial charge >= 0.3 is 5.97 Å². The fourth-order valence-corrected chi connectivity index (χ4v) is 4.08. The van der Waals surface area contributed by atoms with Crippen molar-refractivity contribution in [2.24, 2.45) is 11.8 Å². The van der Waals surface area contributed by atoms with Crippen molar-refractivity contribution >= 4 is 11.9 Å². The van der Waals surface area contributed by atoms with Crippen molar-refractivity contribution in [2.45, 2.75) is 70.7 Å². The highest BCUT2D eigenvalue weighted by atomic mass is 19.3. The van der Waals surface area contributed by atoms with E-state index in [0.29, 0.717) is 18.9 Å². The molecule has 0 bridgehead atoms. The highest BCUT2D eigenvalue weighted by Gasteiger charge is 2.41. The standard InChI is InChI=1S/C19H35FN2O5/c1-7-12(2)17(21-4)15(25-5)11-16(23)22-10-8-9-14(22)18(26-6)13(3)19(24)27-20/h12-15,17-18,21H,7-11H2,1-6H3. The van der Waals surface area contributed by atoms with E-state index in [1.165, 1.54) is 7.11 Å². The van der Waals surface area contributed by atoms with Gasteiger partial charge in [0.2, 0.25) is 5.91 Å². The summed E-state index contributed by atoms with van der Waals surface area (Å²) in [6.07, 6.45) is 1.85. The Morgan fingerprint density at radius 2 is 1.93 bits per heavy atom. The van der Waals surface area contributed by atoms with Gasteiger partial charge in [0, 0.05) is 31.3 Å². The number of nitrogens with one attached hydrogen (secondary N) is 1. The number of methoxy groups -OCH3 is 2. The number of amides is 1. The smallest absolute Gasteiger partial charge is 0.354 e. The van der Waals surface area contributed by atoms with E-state index in [4.69, 9.17) is 9.47 Å². The number of rotatable bonds is 11. The molecule has 1 saturated heterocycles. The topological polar surface area (TPSA) is 77.1 Å². The molecule has 0 radical (unpaired) electrons. The van der Waals surface area contributed by atoms with E-state index in [9.17, 15) is 14.1 Å². The highest BCUT2D eigenvalue weighted by Crippen LogP contribution is 2.28. The minimum Gasteiger partial charge on any atom is -0.379 e. The molecule has 1 amide bonds. The van der Waals surface area contributed by atoms with Crippen molar-refractivity contribution in [3.05, 3.63) is 0 Å². The maximum absolute atomic E-state index is 13.0. The molecule has 0 saturated carbocycles. The summed E-state index contributed by atoms with van der Waals surface area (Å²) < 4.78 is 23.4. The number of carbonyl (C=O) groups is 2. The van der Waals surface area contributed by atoms with E-state index in [-0.39, 0.29) is 30.5 Å². The first kappa shape index (κ1) is 23.8. The maximum Gasteiger partial charge on any atom is 0.354 e. The van der Waals surface area contributed by atoms with E-state index in [1.54, 1.807) is 18.9 Å². The van der Waals surface area contributed by atoms with Gasteiger partial charge in [-0.2, -0.15) is 0 Å². The molecule has 0 aromatic rings. The minimum absolute atomic E-state index is 0.0456. The molecule has 8 heteroatoms. The summed E-state index contributed by atoms with van der Waals surface area (Å²) in [6.45, 7) is 6.37. The molecule has 1 fully saturated rings.